The van der Waals surface area contributed by atoms with Crippen LogP contribution in [0, 0.1) is 0 Å². The summed E-state index contributed by atoms with van der Waals surface area (Å²) in [5.41, 5.74) is 6.95. The number of rotatable bonds is 5. The van der Waals surface area contributed by atoms with E-state index in [2.05, 4.69) is 23.2 Å². The number of nitrogens with two attached hydrogens (primary N) is 1. The molecule has 0 saturated carbocycles. The summed E-state index contributed by atoms with van der Waals surface area (Å²) in [5, 5.41) is 5.79. The van der Waals surface area contributed by atoms with Crippen LogP contribution in [0.25, 0.3) is 17.8 Å². The molecule has 124 valence electrons. The second-order valence-electron chi connectivity index (χ2n) is 5.03. The van der Waals surface area contributed by atoms with Crippen molar-refractivity contribution in [3.8, 4) is 0 Å². The summed E-state index contributed by atoms with van der Waals surface area (Å²) in [4.78, 5) is 16.9. The maximum absolute atomic E-state index is 12.6. The summed E-state index contributed by atoms with van der Waals surface area (Å²) in [6.07, 6.45) is 12.6. The van der Waals surface area contributed by atoms with Crippen molar-refractivity contribution >= 4 is 23.7 Å². The van der Waals surface area contributed by atoms with E-state index in [1.807, 2.05) is 38.2 Å². The molecule has 0 fully saturated rings. The molecule has 0 bridgehead atoms. The molecule has 2 aromatic rings. The number of anilines is 1. The quantitative estimate of drug-likeness (QED) is 0.830. The first-order valence-electron chi connectivity index (χ1n) is 7.55. The highest BCUT2D eigenvalue weighted by Gasteiger charge is 2.12. The van der Waals surface area contributed by atoms with Gasteiger partial charge in [0.05, 0.1) is 11.9 Å². The number of nitrogen functional groups attached to an aromatic ring is 1. The van der Waals surface area contributed by atoms with Gasteiger partial charge in [0.1, 0.15) is 0 Å². The average Bonchev–Trinajstić information content (AvgIpc) is 2.89. The molecule has 0 amide bonds. The Morgan fingerprint density at radius 3 is 2.67 bits per heavy atom. The lowest BCUT2D eigenvalue weighted by Crippen LogP contribution is -2.34. The van der Waals surface area contributed by atoms with Gasteiger partial charge in [0.2, 0.25) is 5.95 Å². The Balaban J connectivity index is 2.77. The van der Waals surface area contributed by atoms with Crippen molar-refractivity contribution in [2.45, 2.75) is 20.4 Å². The summed E-state index contributed by atoms with van der Waals surface area (Å²) in [5.74, 6) is 0.0949. The van der Waals surface area contributed by atoms with Crippen molar-refractivity contribution in [3.63, 3.8) is 0 Å². The van der Waals surface area contributed by atoms with Gasteiger partial charge in [-0.05, 0) is 25.5 Å². The lowest BCUT2D eigenvalue weighted by molar-refractivity contribution is 0.658. The highest BCUT2D eigenvalue weighted by atomic mass is 16.2. The van der Waals surface area contributed by atoms with Crippen LogP contribution in [0.5, 0.6) is 0 Å². The Kier molecular flexibility index (Phi) is 5.31. The Bertz CT molecular complexity index is 1020. The zero-order valence-electron chi connectivity index (χ0n) is 13.9. The van der Waals surface area contributed by atoms with Gasteiger partial charge in [0.15, 0.2) is 5.65 Å². The number of hydrogen-bond acceptors (Lipinski definition) is 4. The molecule has 0 radical (unpaired) electrons. The predicted octanol–water partition coefficient (Wildman–Crippen LogP) is 0.929. The topological polar surface area (TPSA) is 78.2 Å². The van der Waals surface area contributed by atoms with Gasteiger partial charge >= 0.3 is 5.69 Å². The Hall–Kier alpha value is -3.15. The van der Waals surface area contributed by atoms with E-state index in [0.717, 1.165) is 10.8 Å². The minimum atomic E-state index is -0.337. The third kappa shape index (κ3) is 3.12. The minimum absolute atomic E-state index is 0.0949. The number of hydrogen-bond donors (Lipinski definition) is 1. The molecular weight excluding hydrogens is 302 g/mol. The van der Waals surface area contributed by atoms with E-state index in [1.54, 1.807) is 18.2 Å². The van der Waals surface area contributed by atoms with Crippen molar-refractivity contribution in [2.75, 3.05) is 5.73 Å². The molecule has 2 heterocycles. The van der Waals surface area contributed by atoms with Crippen LogP contribution in [-0.4, -0.2) is 19.2 Å². The molecule has 2 aromatic heterocycles. The molecule has 24 heavy (non-hydrogen) atoms. The van der Waals surface area contributed by atoms with E-state index in [9.17, 15) is 4.79 Å². The summed E-state index contributed by atoms with van der Waals surface area (Å²) in [6, 6.07) is 0. The maximum atomic E-state index is 12.6. The lowest BCUT2D eigenvalue weighted by Gasteiger charge is -1.99. The molecule has 2 rings (SSSR count). The molecule has 0 aromatic carbocycles. The van der Waals surface area contributed by atoms with Crippen LogP contribution in [0.3, 0.4) is 0 Å². The minimum Gasteiger partial charge on any atom is -0.369 e. The molecule has 6 nitrogen and oxygen atoms in total. The standard InChI is InChI=1S/C18H21N5O/c1-5-9-11-13(7-3)12-22-18(24)23-16(21-22)14(8-4)15(10-6-2)20-17(23)19/h5-11H,2-3,12H2,1,4H3,(H2,19,20)/b9-5-,13-11+,14-8+,15-10+. The van der Waals surface area contributed by atoms with Gasteiger partial charge < -0.3 is 5.73 Å². The summed E-state index contributed by atoms with van der Waals surface area (Å²) < 4.78 is 2.67. The van der Waals surface area contributed by atoms with Crippen molar-refractivity contribution in [3.05, 3.63) is 70.2 Å². The first kappa shape index (κ1) is 17.2. The number of aromatic nitrogens is 4. The highest BCUT2D eigenvalue weighted by Crippen LogP contribution is 2.01. The molecule has 0 aliphatic rings. The smallest absolute Gasteiger partial charge is 0.353 e. The van der Waals surface area contributed by atoms with E-state index < -0.39 is 0 Å². The highest BCUT2D eigenvalue weighted by molar-refractivity contribution is 5.51. The SMILES string of the molecule is C=C/C=c1/nc(N)n2c(=O)n(C/C(C=C)=C/C=C\C)nc2/c1=C/C. The van der Waals surface area contributed by atoms with E-state index in [-0.39, 0.29) is 11.6 Å². The van der Waals surface area contributed by atoms with E-state index in [0.29, 0.717) is 17.5 Å². The monoisotopic (exact) mass is 323 g/mol. The van der Waals surface area contributed by atoms with E-state index >= 15 is 0 Å². The lowest BCUT2D eigenvalue weighted by atomic mass is 10.2. The second-order valence-corrected chi connectivity index (χ2v) is 5.03. The van der Waals surface area contributed by atoms with Gasteiger partial charge in [0.25, 0.3) is 0 Å². The van der Waals surface area contributed by atoms with Crippen molar-refractivity contribution < 1.29 is 0 Å². The van der Waals surface area contributed by atoms with Crippen LogP contribution >= 0.6 is 0 Å². The van der Waals surface area contributed by atoms with Crippen LogP contribution in [0.2, 0.25) is 0 Å². The number of fused-ring (bicyclic) bond motifs is 1. The molecule has 2 N–H and O–H groups in total. The number of nitrogens with zero attached hydrogens (tertiary/aromatic N) is 4. The first-order chi connectivity index (χ1) is 11.6. The van der Waals surface area contributed by atoms with Crippen molar-refractivity contribution in [1.82, 2.24) is 19.2 Å². The van der Waals surface area contributed by atoms with Crippen LogP contribution in [0.15, 0.2) is 53.9 Å². The molecule has 0 saturated heterocycles. The Labute approximate surface area is 139 Å². The van der Waals surface area contributed by atoms with Crippen LogP contribution in [-0.2, 0) is 6.54 Å². The summed E-state index contributed by atoms with van der Waals surface area (Å²) in [6.45, 7) is 11.5. The fraction of sp³-hybridized carbons (Fsp3) is 0.167. The van der Waals surface area contributed by atoms with Gasteiger partial charge in [-0.2, -0.15) is 0 Å². The maximum Gasteiger partial charge on any atom is 0.353 e. The normalized spacial score (nSPS) is 14.0. The van der Waals surface area contributed by atoms with Gasteiger partial charge in [-0.25, -0.2) is 18.9 Å². The van der Waals surface area contributed by atoms with Crippen molar-refractivity contribution in [1.29, 1.82) is 0 Å². The number of allylic oxidation sites excluding steroid dienone is 6. The zero-order chi connectivity index (χ0) is 17.7. The summed E-state index contributed by atoms with van der Waals surface area (Å²) >= 11 is 0. The van der Waals surface area contributed by atoms with Gasteiger partial charge in [0, 0.05) is 5.22 Å². The third-order valence-corrected chi connectivity index (χ3v) is 3.48. The fourth-order valence-electron chi connectivity index (χ4n) is 2.33. The van der Waals surface area contributed by atoms with Crippen LogP contribution < -0.4 is 22.0 Å². The van der Waals surface area contributed by atoms with E-state index in [4.69, 9.17) is 5.73 Å². The molecule has 0 unspecified atom stereocenters. The third-order valence-electron chi connectivity index (χ3n) is 3.48. The molecule has 0 aliphatic carbocycles. The molecule has 0 aliphatic heterocycles. The Morgan fingerprint density at radius 2 is 2.08 bits per heavy atom. The Morgan fingerprint density at radius 1 is 1.33 bits per heavy atom. The molecule has 0 atom stereocenters. The summed E-state index contributed by atoms with van der Waals surface area (Å²) in [7, 11) is 0. The molecule has 0 spiro atoms. The molecule has 6 heteroatoms. The van der Waals surface area contributed by atoms with Crippen molar-refractivity contribution in [2.24, 2.45) is 0 Å². The first-order valence-corrected chi connectivity index (χ1v) is 7.55. The van der Waals surface area contributed by atoms with Gasteiger partial charge in [-0.3, -0.25) is 0 Å². The van der Waals surface area contributed by atoms with Gasteiger partial charge in [-0.15, -0.1) is 5.10 Å². The fourth-order valence-corrected chi connectivity index (χ4v) is 2.33. The average molecular weight is 323 g/mol. The predicted molar refractivity (Wildman–Crippen MR) is 98.8 cm³/mol. The van der Waals surface area contributed by atoms with E-state index in [1.165, 1.54) is 9.08 Å². The van der Waals surface area contributed by atoms with Crippen LogP contribution in [0.4, 0.5) is 5.95 Å². The zero-order valence-corrected chi connectivity index (χ0v) is 13.9. The van der Waals surface area contributed by atoms with Gasteiger partial charge in [-0.1, -0.05) is 49.6 Å². The molecular formula is C18H21N5O. The van der Waals surface area contributed by atoms with Crippen LogP contribution in [0.1, 0.15) is 13.8 Å². The largest absolute Gasteiger partial charge is 0.369 e. The second kappa shape index (κ2) is 7.41.